The second-order valence-corrected chi connectivity index (χ2v) is 6.51. The van der Waals surface area contributed by atoms with Crippen LogP contribution in [0.3, 0.4) is 0 Å². The highest BCUT2D eigenvalue weighted by molar-refractivity contribution is 5.96. The van der Waals surface area contributed by atoms with Gasteiger partial charge in [0.05, 0.1) is 7.05 Å². The van der Waals surface area contributed by atoms with Crippen LogP contribution in [-0.4, -0.2) is 43.4 Å². The number of carbonyl (C=O) groups is 2. The van der Waals surface area contributed by atoms with Crippen LogP contribution in [0.25, 0.3) is 0 Å². The molecule has 0 aliphatic carbocycles. The van der Waals surface area contributed by atoms with Crippen LogP contribution in [0.4, 0.5) is 10.1 Å². The molecule has 5 nitrogen and oxygen atoms in total. The van der Waals surface area contributed by atoms with Gasteiger partial charge in [-0.1, -0.05) is 18.2 Å². The molecule has 0 aliphatic rings. The molecule has 0 fully saturated rings. The van der Waals surface area contributed by atoms with Crippen LogP contribution in [0.2, 0.25) is 0 Å². The summed E-state index contributed by atoms with van der Waals surface area (Å²) >= 11 is 0. The highest BCUT2D eigenvalue weighted by Crippen LogP contribution is 2.11. The lowest BCUT2D eigenvalue weighted by molar-refractivity contribution is -0.885. The van der Waals surface area contributed by atoms with E-state index in [1.807, 2.05) is 20.9 Å². The van der Waals surface area contributed by atoms with Gasteiger partial charge in [0, 0.05) is 29.9 Å². The van der Waals surface area contributed by atoms with Crippen LogP contribution in [0.5, 0.6) is 0 Å². The van der Waals surface area contributed by atoms with E-state index in [2.05, 4.69) is 5.32 Å². The summed E-state index contributed by atoms with van der Waals surface area (Å²) in [5.74, 6) is -0.440. The Bertz CT molecular complexity index is 773. The molecule has 144 valence electrons. The number of hydrogen-bond donors (Lipinski definition) is 2. The fraction of sp³-hybridized carbons (Fsp3) is 0.333. The molecular formula is C21H27FN3O2+. The van der Waals surface area contributed by atoms with E-state index in [0.29, 0.717) is 36.4 Å². The molecule has 1 atom stereocenters. The van der Waals surface area contributed by atoms with Crippen molar-refractivity contribution in [2.24, 2.45) is 0 Å². The van der Waals surface area contributed by atoms with Gasteiger partial charge in [-0.3, -0.25) is 9.59 Å². The summed E-state index contributed by atoms with van der Waals surface area (Å²) in [6, 6.07) is 13.5. The Labute approximate surface area is 159 Å². The molecule has 2 aromatic carbocycles. The molecule has 27 heavy (non-hydrogen) atoms. The van der Waals surface area contributed by atoms with E-state index in [4.69, 9.17) is 0 Å². The minimum absolute atomic E-state index is 0.0213. The van der Waals surface area contributed by atoms with Crippen LogP contribution in [0.1, 0.15) is 29.8 Å². The summed E-state index contributed by atoms with van der Waals surface area (Å²) < 4.78 is 13.7. The lowest BCUT2D eigenvalue weighted by Crippen LogP contribution is -3.08. The fourth-order valence-corrected chi connectivity index (χ4v) is 2.90. The molecule has 0 saturated heterocycles. The standard InChI is InChI=1S/C21H26FN3O2/c1-4-25(5-2)21(27)16-10-12-18(13-11-16)23-20(26)15-24(3)14-17-8-6-7-9-19(17)22/h6-13H,4-5,14-15H2,1-3H3,(H,23,26)/p+1. The van der Waals surface area contributed by atoms with Gasteiger partial charge in [-0.2, -0.15) is 0 Å². The van der Waals surface area contributed by atoms with Gasteiger partial charge in [-0.05, 0) is 44.2 Å². The first-order chi connectivity index (χ1) is 12.9. The maximum Gasteiger partial charge on any atom is 0.279 e. The van der Waals surface area contributed by atoms with Crippen LogP contribution in [0, 0.1) is 5.82 Å². The summed E-state index contributed by atoms with van der Waals surface area (Å²) in [4.78, 5) is 27.1. The molecule has 1 unspecified atom stereocenters. The molecule has 2 N–H and O–H groups in total. The zero-order valence-corrected chi connectivity index (χ0v) is 16.1. The molecule has 2 aromatic rings. The summed E-state index contributed by atoms with van der Waals surface area (Å²) in [5.41, 5.74) is 1.82. The number of quaternary nitrogens is 1. The highest BCUT2D eigenvalue weighted by Gasteiger charge is 2.14. The molecule has 0 aromatic heterocycles. The normalized spacial score (nSPS) is 11.7. The molecule has 0 heterocycles. The summed E-state index contributed by atoms with van der Waals surface area (Å²) in [6.07, 6.45) is 0. The number of likely N-dealkylation sites (N-methyl/N-ethyl adjacent to an activating group) is 1. The van der Waals surface area contributed by atoms with Gasteiger partial charge < -0.3 is 15.1 Å². The molecule has 0 bridgehead atoms. The number of rotatable bonds is 8. The zero-order chi connectivity index (χ0) is 19.8. The molecule has 0 spiro atoms. The Morgan fingerprint density at radius 3 is 2.26 bits per heavy atom. The van der Waals surface area contributed by atoms with Crippen molar-refractivity contribution in [1.29, 1.82) is 0 Å². The number of nitrogens with one attached hydrogen (secondary N) is 2. The summed E-state index contributed by atoms with van der Waals surface area (Å²) in [7, 11) is 1.85. The summed E-state index contributed by atoms with van der Waals surface area (Å²) in [5, 5.41) is 2.82. The minimum atomic E-state index is -0.259. The van der Waals surface area contributed by atoms with Gasteiger partial charge >= 0.3 is 0 Å². The predicted molar refractivity (Wildman–Crippen MR) is 104 cm³/mol. The number of carbonyl (C=O) groups excluding carboxylic acids is 2. The van der Waals surface area contributed by atoms with Crippen LogP contribution in [-0.2, 0) is 11.3 Å². The van der Waals surface area contributed by atoms with Gasteiger partial charge in [-0.15, -0.1) is 0 Å². The van der Waals surface area contributed by atoms with Crippen molar-refractivity contribution in [3.63, 3.8) is 0 Å². The van der Waals surface area contributed by atoms with Gasteiger partial charge in [-0.25, -0.2) is 4.39 Å². The van der Waals surface area contributed by atoms with E-state index in [1.54, 1.807) is 47.4 Å². The fourth-order valence-electron chi connectivity index (χ4n) is 2.90. The van der Waals surface area contributed by atoms with Gasteiger partial charge in [0.1, 0.15) is 12.4 Å². The minimum Gasteiger partial charge on any atom is -0.339 e. The number of halogens is 1. The second-order valence-electron chi connectivity index (χ2n) is 6.51. The number of amides is 2. The second kappa shape index (κ2) is 9.83. The van der Waals surface area contributed by atoms with Gasteiger partial charge in [0.15, 0.2) is 6.54 Å². The Kier molecular flexibility index (Phi) is 7.49. The lowest BCUT2D eigenvalue weighted by atomic mass is 10.1. The van der Waals surface area contributed by atoms with Gasteiger partial charge in [0.25, 0.3) is 11.8 Å². The first kappa shape index (κ1) is 20.6. The third kappa shape index (κ3) is 5.89. The molecule has 0 saturated carbocycles. The topological polar surface area (TPSA) is 53.9 Å². The van der Waals surface area contributed by atoms with E-state index in [9.17, 15) is 14.0 Å². The van der Waals surface area contributed by atoms with Crippen molar-refractivity contribution >= 4 is 17.5 Å². The third-order valence-electron chi connectivity index (χ3n) is 4.38. The number of hydrogen-bond acceptors (Lipinski definition) is 2. The Hall–Kier alpha value is -2.73. The van der Waals surface area contributed by atoms with E-state index >= 15 is 0 Å². The van der Waals surface area contributed by atoms with Crippen molar-refractivity contribution in [2.45, 2.75) is 20.4 Å². The molecule has 0 aliphatic heterocycles. The van der Waals surface area contributed by atoms with Crippen LogP contribution in [0.15, 0.2) is 48.5 Å². The largest absolute Gasteiger partial charge is 0.339 e. The van der Waals surface area contributed by atoms with E-state index in [1.165, 1.54) is 6.07 Å². The van der Waals surface area contributed by atoms with Crippen LogP contribution < -0.4 is 10.2 Å². The first-order valence-electron chi connectivity index (χ1n) is 9.18. The average Bonchev–Trinajstić information content (AvgIpc) is 2.65. The third-order valence-corrected chi connectivity index (χ3v) is 4.38. The smallest absolute Gasteiger partial charge is 0.279 e. The van der Waals surface area contributed by atoms with Crippen molar-refractivity contribution in [1.82, 2.24) is 4.90 Å². The van der Waals surface area contributed by atoms with Crippen molar-refractivity contribution in [3.8, 4) is 0 Å². The number of anilines is 1. The number of nitrogens with zero attached hydrogens (tertiary/aromatic N) is 1. The molecule has 2 rings (SSSR count). The summed E-state index contributed by atoms with van der Waals surface area (Å²) in [6.45, 7) is 5.84. The predicted octanol–water partition coefficient (Wildman–Crippen LogP) is 1.96. The van der Waals surface area contributed by atoms with Crippen LogP contribution >= 0.6 is 0 Å². The number of benzene rings is 2. The lowest BCUT2D eigenvalue weighted by Gasteiger charge is -2.18. The Morgan fingerprint density at radius 1 is 1.04 bits per heavy atom. The molecular weight excluding hydrogens is 345 g/mol. The van der Waals surface area contributed by atoms with E-state index < -0.39 is 0 Å². The maximum atomic E-state index is 13.7. The van der Waals surface area contributed by atoms with Gasteiger partial charge in [0.2, 0.25) is 0 Å². The highest BCUT2D eigenvalue weighted by atomic mass is 19.1. The van der Waals surface area contributed by atoms with E-state index in [0.717, 1.165) is 4.90 Å². The average molecular weight is 372 g/mol. The monoisotopic (exact) mass is 372 g/mol. The van der Waals surface area contributed by atoms with Crippen molar-refractivity contribution < 1.29 is 18.9 Å². The zero-order valence-electron chi connectivity index (χ0n) is 16.1. The molecule has 6 heteroatoms. The van der Waals surface area contributed by atoms with Crippen molar-refractivity contribution in [3.05, 3.63) is 65.5 Å². The Balaban J connectivity index is 1.90. The van der Waals surface area contributed by atoms with E-state index in [-0.39, 0.29) is 24.2 Å². The van der Waals surface area contributed by atoms with Crippen molar-refractivity contribution in [2.75, 3.05) is 32.0 Å². The molecule has 0 radical (unpaired) electrons. The SMILES string of the molecule is CCN(CC)C(=O)c1ccc(NC(=O)C[NH+](C)Cc2ccccc2F)cc1. The Morgan fingerprint density at radius 2 is 1.67 bits per heavy atom. The molecule has 2 amide bonds. The maximum absolute atomic E-state index is 13.7. The first-order valence-corrected chi connectivity index (χ1v) is 9.18. The quantitative estimate of drug-likeness (QED) is 0.744.